The van der Waals surface area contributed by atoms with Gasteiger partial charge in [-0.2, -0.15) is 0 Å². The number of fused-ring (bicyclic) bond motifs is 1. The summed E-state index contributed by atoms with van der Waals surface area (Å²) in [5.41, 5.74) is 1.82. The van der Waals surface area contributed by atoms with Crippen LogP contribution >= 0.6 is 22.9 Å². The van der Waals surface area contributed by atoms with E-state index in [-0.39, 0.29) is 0 Å². The minimum Gasteiger partial charge on any atom is -0.477 e. The van der Waals surface area contributed by atoms with Gasteiger partial charge in [-0.15, -0.1) is 11.3 Å². The summed E-state index contributed by atoms with van der Waals surface area (Å²) in [7, 11) is 0. The second kappa shape index (κ2) is 4.68. The topological polar surface area (TPSA) is 55.1 Å². The maximum atomic E-state index is 10.8. The number of hydrogen-bond donors (Lipinski definition) is 1. The van der Waals surface area contributed by atoms with Crippen LogP contribution in [0.25, 0.3) is 11.0 Å². The maximum absolute atomic E-state index is 10.8. The number of carbonyl (C=O) groups is 1. The molecule has 0 radical (unpaired) electrons. The van der Waals surface area contributed by atoms with Gasteiger partial charge in [0, 0.05) is 9.90 Å². The van der Waals surface area contributed by atoms with Crippen molar-refractivity contribution in [1.29, 1.82) is 0 Å². The van der Waals surface area contributed by atoms with Crippen LogP contribution in [0, 0.1) is 0 Å². The Balaban J connectivity index is 1.94. The first-order chi connectivity index (χ1) is 9.13. The number of hydrogen-bond acceptors (Lipinski definition) is 3. The van der Waals surface area contributed by atoms with E-state index in [4.69, 9.17) is 16.7 Å². The molecular formula is C13H9ClN2O2S. The lowest BCUT2D eigenvalue weighted by atomic mass is 10.3. The fourth-order valence-electron chi connectivity index (χ4n) is 1.91. The molecular weight excluding hydrogens is 284 g/mol. The minimum atomic E-state index is -0.890. The number of benzene rings is 1. The molecule has 1 aromatic carbocycles. The van der Waals surface area contributed by atoms with Crippen LogP contribution in [0.1, 0.15) is 14.5 Å². The van der Waals surface area contributed by atoms with Gasteiger partial charge in [-0.3, -0.25) is 0 Å². The molecule has 0 aliphatic heterocycles. The number of aromatic carboxylic acids is 1. The van der Waals surface area contributed by atoms with Gasteiger partial charge in [0.05, 0.1) is 23.9 Å². The van der Waals surface area contributed by atoms with E-state index in [9.17, 15) is 4.79 Å². The molecule has 3 aromatic rings. The van der Waals surface area contributed by atoms with Crippen LogP contribution in [-0.4, -0.2) is 20.6 Å². The molecule has 0 unspecified atom stereocenters. The molecule has 1 N–H and O–H groups in total. The number of carboxylic acids is 1. The largest absolute Gasteiger partial charge is 0.477 e. The van der Waals surface area contributed by atoms with Crippen molar-refractivity contribution in [2.45, 2.75) is 6.54 Å². The quantitative estimate of drug-likeness (QED) is 0.804. The van der Waals surface area contributed by atoms with Crippen molar-refractivity contribution in [1.82, 2.24) is 9.55 Å². The SMILES string of the molecule is O=C(O)c1ccc(Cn2cnc3cc(Cl)ccc32)s1. The van der Waals surface area contributed by atoms with Crippen molar-refractivity contribution < 1.29 is 9.90 Å². The lowest BCUT2D eigenvalue weighted by Gasteiger charge is -2.01. The highest BCUT2D eigenvalue weighted by Crippen LogP contribution is 2.22. The molecule has 4 nitrogen and oxygen atoms in total. The third kappa shape index (κ3) is 2.34. The molecule has 0 aliphatic rings. The van der Waals surface area contributed by atoms with Crippen molar-refractivity contribution in [3.8, 4) is 0 Å². The summed E-state index contributed by atoms with van der Waals surface area (Å²) in [6.45, 7) is 0.607. The molecule has 96 valence electrons. The second-order valence-corrected chi connectivity index (χ2v) is 5.68. The first-order valence-corrected chi connectivity index (χ1v) is 6.75. The van der Waals surface area contributed by atoms with Crippen LogP contribution in [0.2, 0.25) is 5.02 Å². The van der Waals surface area contributed by atoms with Crippen LogP contribution in [0.3, 0.4) is 0 Å². The molecule has 0 aliphatic carbocycles. The highest BCUT2D eigenvalue weighted by molar-refractivity contribution is 7.13. The fraction of sp³-hybridized carbons (Fsp3) is 0.0769. The highest BCUT2D eigenvalue weighted by Gasteiger charge is 2.09. The zero-order valence-corrected chi connectivity index (χ0v) is 11.3. The Morgan fingerprint density at radius 1 is 1.37 bits per heavy atom. The zero-order valence-electron chi connectivity index (χ0n) is 9.71. The molecule has 6 heteroatoms. The maximum Gasteiger partial charge on any atom is 0.345 e. The molecule has 0 saturated heterocycles. The summed E-state index contributed by atoms with van der Waals surface area (Å²) in [6.07, 6.45) is 1.74. The first kappa shape index (κ1) is 12.2. The van der Waals surface area contributed by atoms with E-state index >= 15 is 0 Å². The van der Waals surface area contributed by atoms with E-state index < -0.39 is 5.97 Å². The average Bonchev–Trinajstić information content (AvgIpc) is 2.97. The molecule has 0 saturated carbocycles. The van der Waals surface area contributed by atoms with E-state index in [0.717, 1.165) is 15.9 Å². The van der Waals surface area contributed by atoms with Gasteiger partial charge in [0.1, 0.15) is 4.88 Å². The van der Waals surface area contributed by atoms with Crippen LogP contribution < -0.4 is 0 Å². The lowest BCUT2D eigenvalue weighted by Crippen LogP contribution is -1.95. The normalized spacial score (nSPS) is 11.0. The van der Waals surface area contributed by atoms with Gasteiger partial charge >= 0.3 is 5.97 Å². The van der Waals surface area contributed by atoms with Gasteiger partial charge < -0.3 is 9.67 Å². The van der Waals surface area contributed by atoms with Crippen LogP contribution in [-0.2, 0) is 6.54 Å². The molecule has 0 bridgehead atoms. The van der Waals surface area contributed by atoms with Gasteiger partial charge in [-0.1, -0.05) is 11.6 Å². The van der Waals surface area contributed by atoms with Gasteiger partial charge in [0.15, 0.2) is 0 Å². The Hall–Kier alpha value is -1.85. The molecule has 0 atom stereocenters. The standard InChI is InChI=1S/C13H9ClN2O2S/c14-8-1-3-11-10(5-8)15-7-16(11)6-9-2-4-12(19-9)13(17)18/h1-5,7H,6H2,(H,17,18). The average molecular weight is 293 g/mol. The van der Waals surface area contributed by atoms with E-state index in [2.05, 4.69) is 4.98 Å². The number of nitrogens with zero attached hydrogens (tertiary/aromatic N) is 2. The number of rotatable bonds is 3. The Labute approximate surface area is 117 Å². The first-order valence-electron chi connectivity index (χ1n) is 5.56. The smallest absolute Gasteiger partial charge is 0.345 e. The molecule has 2 heterocycles. The highest BCUT2D eigenvalue weighted by atomic mass is 35.5. The Kier molecular flexibility index (Phi) is 3.00. The number of carboxylic acid groups (broad SMARTS) is 1. The molecule has 0 spiro atoms. The van der Waals surface area contributed by atoms with Gasteiger partial charge in [-0.25, -0.2) is 9.78 Å². The van der Waals surface area contributed by atoms with Gasteiger partial charge in [0.2, 0.25) is 0 Å². The van der Waals surface area contributed by atoms with E-state index in [1.807, 2.05) is 28.8 Å². The number of imidazole rings is 1. The molecule has 3 rings (SSSR count). The van der Waals surface area contributed by atoms with Gasteiger partial charge in [0.25, 0.3) is 0 Å². The van der Waals surface area contributed by atoms with Crippen molar-refractivity contribution in [2.75, 3.05) is 0 Å². The third-order valence-electron chi connectivity index (χ3n) is 2.78. The summed E-state index contributed by atoms with van der Waals surface area (Å²) in [5.74, 6) is -0.890. The Morgan fingerprint density at radius 2 is 2.21 bits per heavy atom. The summed E-state index contributed by atoms with van der Waals surface area (Å²) in [6, 6.07) is 8.99. The Bertz CT molecular complexity index is 763. The van der Waals surface area contributed by atoms with Crippen molar-refractivity contribution in [3.63, 3.8) is 0 Å². The second-order valence-electron chi connectivity index (χ2n) is 4.08. The summed E-state index contributed by atoms with van der Waals surface area (Å²) in [4.78, 5) is 16.5. The van der Waals surface area contributed by atoms with Crippen LogP contribution in [0.15, 0.2) is 36.7 Å². The summed E-state index contributed by atoms with van der Waals surface area (Å²) in [5, 5.41) is 9.56. The fourth-order valence-corrected chi connectivity index (χ4v) is 2.92. The van der Waals surface area contributed by atoms with Crippen LogP contribution in [0.4, 0.5) is 0 Å². The number of thiophene rings is 1. The van der Waals surface area contributed by atoms with E-state index in [0.29, 0.717) is 16.4 Å². The van der Waals surface area contributed by atoms with Crippen LogP contribution in [0.5, 0.6) is 0 Å². The number of aromatic nitrogens is 2. The molecule has 0 fully saturated rings. The van der Waals surface area contributed by atoms with E-state index in [1.54, 1.807) is 12.4 Å². The predicted octanol–water partition coefficient (Wildman–Crippen LogP) is 3.50. The minimum absolute atomic E-state index is 0.350. The molecule has 0 amide bonds. The number of halogens is 1. The van der Waals surface area contributed by atoms with Crippen molar-refractivity contribution in [3.05, 3.63) is 51.4 Å². The van der Waals surface area contributed by atoms with Gasteiger partial charge in [-0.05, 0) is 30.3 Å². The summed E-state index contributed by atoms with van der Waals surface area (Å²) < 4.78 is 1.98. The van der Waals surface area contributed by atoms with Crippen molar-refractivity contribution in [2.24, 2.45) is 0 Å². The zero-order chi connectivity index (χ0) is 13.4. The summed E-state index contributed by atoms with van der Waals surface area (Å²) >= 11 is 7.19. The monoisotopic (exact) mass is 292 g/mol. The lowest BCUT2D eigenvalue weighted by molar-refractivity contribution is 0.0702. The van der Waals surface area contributed by atoms with Crippen molar-refractivity contribution >= 4 is 39.9 Å². The molecule has 19 heavy (non-hydrogen) atoms. The molecule has 2 aromatic heterocycles. The third-order valence-corrected chi connectivity index (χ3v) is 4.07. The predicted molar refractivity (Wildman–Crippen MR) is 75.1 cm³/mol. The Morgan fingerprint density at radius 3 is 2.95 bits per heavy atom. The van der Waals surface area contributed by atoms with E-state index in [1.165, 1.54) is 11.3 Å².